The Kier molecular flexibility index (Phi) is 4.46. The minimum Gasteiger partial charge on any atom is -0.383 e. The van der Waals surface area contributed by atoms with Crippen LogP contribution >= 0.6 is 0 Å². The van der Waals surface area contributed by atoms with Crippen LogP contribution in [-0.4, -0.2) is 35.9 Å². The first kappa shape index (κ1) is 18.0. The summed E-state index contributed by atoms with van der Waals surface area (Å²) in [5.74, 6) is 0.978. The van der Waals surface area contributed by atoms with Crippen molar-refractivity contribution >= 4 is 11.8 Å². The van der Waals surface area contributed by atoms with Crippen LogP contribution in [0.15, 0.2) is 23.0 Å². The van der Waals surface area contributed by atoms with Crippen molar-refractivity contribution in [1.82, 2.24) is 9.55 Å². The number of aryl methyl sites for hydroxylation is 1. The van der Waals surface area contributed by atoms with Gasteiger partial charge < -0.3 is 15.4 Å². The molecule has 0 atom stereocenters. The lowest BCUT2D eigenvalue weighted by Crippen LogP contribution is -2.43. The summed E-state index contributed by atoms with van der Waals surface area (Å²) in [6.45, 7) is 7.55. The average molecular weight is 368 g/mol. The van der Waals surface area contributed by atoms with Crippen LogP contribution in [0.3, 0.4) is 0 Å². The van der Waals surface area contributed by atoms with Crippen molar-refractivity contribution in [3.8, 4) is 11.1 Å². The minimum atomic E-state index is -0.0873. The maximum absolute atomic E-state index is 13.2. The number of nitrogens with two attached hydrogens (primary N) is 1. The molecule has 1 aromatic heterocycles. The second-order valence-electron chi connectivity index (χ2n) is 8.07. The molecule has 144 valence electrons. The van der Waals surface area contributed by atoms with E-state index in [-0.39, 0.29) is 5.56 Å². The summed E-state index contributed by atoms with van der Waals surface area (Å²) < 4.78 is 7.27. The number of hydrogen-bond donors (Lipinski definition) is 1. The van der Waals surface area contributed by atoms with E-state index in [1.807, 2.05) is 32.0 Å². The van der Waals surface area contributed by atoms with E-state index >= 15 is 0 Å². The molecule has 6 heteroatoms. The molecule has 2 aliphatic rings. The van der Waals surface area contributed by atoms with Crippen LogP contribution in [0.25, 0.3) is 11.1 Å². The van der Waals surface area contributed by atoms with Gasteiger partial charge in [0.2, 0.25) is 5.95 Å². The summed E-state index contributed by atoms with van der Waals surface area (Å²) >= 11 is 0. The average Bonchev–Trinajstić information content (AvgIpc) is 3.11. The molecule has 0 radical (unpaired) electrons. The molecule has 0 saturated carbocycles. The van der Waals surface area contributed by atoms with E-state index in [1.165, 1.54) is 0 Å². The highest BCUT2D eigenvalue weighted by Crippen LogP contribution is 2.40. The maximum Gasteiger partial charge on any atom is 0.264 e. The standard InChI is InChI=1S/C21H28N4O2/c1-14-5-4-6-16(15(14)2)17-18(22)23-20(24(3)19(17)26)25-10-7-21(8-11-25)9-12-27-13-21/h4-6H,7-13,22H2,1-3H3. The lowest BCUT2D eigenvalue weighted by atomic mass is 9.78. The Labute approximate surface area is 160 Å². The molecular weight excluding hydrogens is 340 g/mol. The predicted molar refractivity (Wildman–Crippen MR) is 108 cm³/mol. The van der Waals surface area contributed by atoms with Crippen LogP contribution in [0, 0.1) is 19.3 Å². The quantitative estimate of drug-likeness (QED) is 0.882. The van der Waals surface area contributed by atoms with Gasteiger partial charge in [0.15, 0.2) is 0 Å². The second-order valence-corrected chi connectivity index (χ2v) is 8.07. The molecular formula is C21H28N4O2. The van der Waals surface area contributed by atoms with Gasteiger partial charge in [0.25, 0.3) is 5.56 Å². The van der Waals surface area contributed by atoms with Gasteiger partial charge in [0.1, 0.15) is 5.82 Å². The van der Waals surface area contributed by atoms with Gasteiger partial charge in [-0.3, -0.25) is 9.36 Å². The van der Waals surface area contributed by atoms with Gasteiger partial charge in [0, 0.05) is 26.7 Å². The highest BCUT2D eigenvalue weighted by molar-refractivity contribution is 5.77. The zero-order chi connectivity index (χ0) is 19.2. The molecule has 1 spiro atoms. The van der Waals surface area contributed by atoms with Crippen molar-refractivity contribution in [2.75, 3.05) is 36.9 Å². The van der Waals surface area contributed by atoms with Crippen LogP contribution in [-0.2, 0) is 11.8 Å². The van der Waals surface area contributed by atoms with Crippen LogP contribution in [0.5, 0.6) is 0 Å². The smallest absolute Gasteiger partial charge is 0.264 e. The first-order valence-corrected chi connectivity index (χ1v) is 9.68. The first-order chi connectivity index (χ1) is 12.9. The van der Waals surface area contributed by atoms with Crippen molar-refractivity contribution in [3.05, 3.63) is 39.7 Å². The number of ether oxygens (including phenoxy) is 1. The molecule has 3 heterocycles. The third kappa shape index (κ3) is 3.02. The fourth-order valence-corrected chi connectivity index (χ4v) is 4.39. The van der Waals surface area contributed by atoms with E-state index in [4.69, 9.17) is 10.5 Å². The minimum absolute atomic E-state index is 0.0873. The third-order valence-electron chi connectivity index (χ3n) is 6.46. The van der Waals surface area contributed by atoms with Crippen molar-refractivity contribution in [1.29, 1.82) is 0 Å². The van der Waals surface area contributed by atoms with Crippen molar-refractivity contribution < 1.29 is 4.74 Å². The summed E-state index contributed by atoms with van der Waals surface area (Å²) in [4.78, 5) is 20.0. The fraction of sp³-hybridized carbons (Fsp3) is 0.524. The molecule has 2 aromatic rings. The zero-order valence-corrected chi connectivity index (χ0v) is 16.4. The Morgan fingerprint density at radius 3 is 2.59 bits per heavy atom. The van der Waals surface area contributed by atoms with Gasteiger partial charge in [-0.1, -0.05) is 18.2 Å². The highest BCUT2D eigenvalue weighted by Gasteiger charge is 2.38. The monoisotopic (exact) mass is 368 g/mol. The molecule has 0 aliphatic carbocycles. The van der Waals surface area contributed by atoms with E-state index in [0.717, 1.165) is 62.3 Å². The number of nitrogen functional groups attached to an aromatic ring is 1. The van der Waals surface area contributed by atoms with Gasteiger partial charge in [-0.25, -0.2) is 0 Å². The number of piperidine rings is 1. The van der Waals surface area contributed by atoms with E-state index in [2.05, 4.69) is 9.88 Å². The van der Waals surface area contributed by atoms with E-state index < -0.39 is 0 Å². The summed E-state index contributed by atoms with van der Waals surface area (Å²) in [5, 5.41) is 0. The molecule has 0 unspecified atom stereocenters. The zero-order valence-electron chi connectivity index (χ0n) is 16.4. The Morgan fingerprint density at radius 1 is 1.19 bits per heavy atom. The number of rotatable bonds is 2. The third-order valence-corrected chi connectivity index (χ3v) is 6.46. The summed E-state index contributed by atoms with van der Waals surface area (Å²) in [7, 11) is 1.79. The molecule has 6 nitrogen and oxygen atoms in total. The second kappa shape index (κ2) is 6.68. The largest absolute Gasteiger partial charge is 0.383 e. The van der Waals surface area contributed by atoms with Crippen LogP contribution in [0.4, 0.5) is 11.8 Å². The molecule has 27 heavy (non-hydrogen) atoms. The van der Waals surface area contributed by atoms with Crippen LogP contribution < -0.4 is 16.2 Å². The molecule has 2 N–H and O–H groups in total. The number of nitrogens with zero attached hydrogens (tertiary/aromatic N) is 3. The summed E-state index contributed by atoms with van der Waals surface area (Å²) in [5.41, 5.74) is 10.1. The maximum atomic E-state index is 13.2. The SMILES string of the molecule is Cc1cccc(-c2c(N)nc(N3CCC4(CCOC4)CC3)n(C)c2=O)c1C. The fourth-order valence-electron chi connectivity index (χ4n) is 4.39. The van der Waals surface area contributed by atoms with Gasteiger partial charge in [-0.15, -0.1) is 0 Å². The van der Waals surface area contributed by atoms with Crippen LogP contribution in [0.2, 0.25) is 0 Å². The summed E-state index contributed by atoms with van der Waals surface area (Å²) in [6, 6.07) is 5.94. The number of benzene rings is 1. The van der Waals surface area contributed by atoms with Gasteiger partial charge in [0.05, 0.1) is 12.2 Å². The lowest BCUT2D eigenvalue weighted by Gasteiger charge is -2.39. The van der Waals surface area contributed by atoms with Crippen molar-refractivity contribution in [2.24, 2.45) is 12.5 Å². The van der Waals surface area contributed by atoms with E-state index in [1.54, 1.807) is 11.6 Å². The molecule has 2 fully saturated rings. The highest BCUT2D eigenvalue weighted by atomic mass is 16.5. The normalized spacial score (nSPS) is 19.0. The Morgan fingerprint density at radius 2 is 1.93 bits per heavy atom. The topological polar surface area (TPSA) is 73.4 Å². The molecule has 2 saturated heterocycles. The predicted octanol–water partition coefficient (Wildman–Crippen LogP) is 2.65. The van der Waals surface area contributed by atoms with Gasteiger partial charge in [-0.05, 0) is 55.2 Å². The van der Waals surface area contributed by atoms with Gasteiger partial charge >= 0.3 is 0 Å². The molecule has 0 amide bonds. The van der Waals surface area contributed by atoms with E-state index in [9.17, 15) is 4.79 Å². The first-order valence-electron chi connectivity index (χ1n) is 9.68. The summed E-state index contributed by atoms with van der Waals surface area (Å²) in [6.07, 6.45) is 3.28. The Bertz CT molecular complexity index is 919. The number of hydrogen-bond acceptors (Lipinski definition) is 5. The van der Waals surface area contributed by atoms with Crippen LogP contribution in [0.1, 0.15) is 30.4 Å². The molecule has 0 bridgehead atoms. The van der Waals surface area contributed by atoms with Gasteiger partial charge in [-0.2, -0.15) is 4.98 Å². The Hall–Kier alpha value is -2.34. The number of anilines is 2. The molecule has 4 rings (SSSR count). The van der Waals surface area contributed by atoms with Crippen molar-refractivity contribution in [3.63, 3.8) is 0 Å². The Balaban J connectivity index is 1.69. The lowest BCUT2D eigenvalue weighted by molar-refractivity contribution is 0.133. The molecule has 2 aliphatic heterocycles. The van der Waals surface area contributed by atoms with E-state index in [0.29, 0.717) is 22.7 Å². The van der Waals surface area contributed by atoms with Crippen molar-refractivity contribution in [2.45, 2.75) is 33.1 Å². The molecule has 1 aromatic carbocycles. The number of aromatic nitrogens is 2.